The molecule has 3 aromatic carbocycles. The number of aromatic carboxylic acids is 1. The fourth-order valence-electron chi connectivity index (χ4n) is 3.71. The van der Waals surface area contributed by atoms with Gasteiger partial charge in [0, 0.05) is 0 Å². The van der Waals surface area contributed by atoms with Gasteiger partial charge >= 0.3 is 11.9 Å². The zero-order valence-corrected chi connectivity index (χ0v) is 19.0. The molecule has 0 fully saturated rings. The number of hydrogen-bond donors (Lipinski definition) is 1. The van der Waals surface area contributed by atoms with Crippen molar-refractivity contribution < 1.29 is 27.9 Å². The molecule has 4 rings (SSSR count). The van der Waals surface area contributed by atoms with Gasteiger partial charge in [-0.25, -0.2) is 18.0 Å². The number of hydrogen-bond acceptors (Lipinski definition) is 5. The molecule has 1 aliphatic rings. The van der Waals surface area contributed by atoms with Crippen LogP contribution in [0.25, 0.3) is 15.4 Å². The first-order valence-electron chi connectivity index (χ1n) is 10.3. The Balaban J connectivity index is 2.03. The van der Waals surface area contributed by atoms with Crippen molar-refractivity contribution in [1.82, 2.24) is 0 Å². The van der Waals surface area contributed by atoms with E-state index < -0.39 is 21.8 Å². The number of benzene rings is 3. The highest BCUT2D eigenvalue weighted by Crippen LogP contribution is 2.40. The molecule has 0 bridgehead atoms. The summed E-state index contributed by atoms with van der Waals surface area (Å²) in [6, 6.07) is 23.0. The Morgan fingerprint density at radius 3 is 1.71 bits per heavy atom. The monoisotopic (exact) mass is 472 g/mol. The minimum Gasteiger partial charge on any atom is -0.478 e. The highest BCUT2D eigenvalue weighted by molar-refractivity contribution is 8.09. The van der Waals surface area contributed by atoms with E-state index in [2.05, 4.69) is 0 Å². The zero-order valence-electron chi connectivity index (χ0n) is 18.1. The van der Waals surface area contributed by atoms with Crippen molar-refractivity contribution >= 4 is 37.2 Å². The first kappa shape index (κ1) is 22.9. The van der Waals surface area contributed by atoms with Crippen LogP contribution in [0.3, 0.4) is 0 Å². The molecule has 0 saturated heterocycles. The second kappa shape index (κ2) is 9.33. The molecule has 0 saturated carbocycles. The van der Waals surface area contributed by atoms with Gasteiger partial charge in [-0.2, -0.15) is 0 Å². The van der Waals surface area contributed by atoms with E-state index in [9.17, 15) is 23.1 Å². The van der Waals surface area contributed by atoms with E-state index in [-0.39, 0.29) is 20.9 Å². The maximum atomic E-state index is 13.7. The van der Waals surface area contributed by atoms with Crippen LogP contribution in [-0.2, 0) is 19.4 Å². The van der Waals surface area contributed by atoms with Crippen molar-refractivity contribution in [2.75, 3.05) is 7.11 Å². The molecule has 0 spiro atoms. The minimum absolute atomic E-state index is 0.0280. The Kier molecular flexibility index (Phi) is 6.30. The van der Waals surface area contributed by atoms with Crippen LogP contribution in [-0.4, -0.2) is 32.6 Å². The van der Waals surface area contributed by atoms with Gasteiger partial charge in [0.25, 0.3) is 0 Å². The number of carboxylic acid groups (broad SMARTS) is 1. The molecule has 0 radical (unpaired) electrons. The maximum absolute atomic E-state index is 13.7. The molecule has 3 aromatic rings. The molecule has 1 N–H and O–H groups in total. The lowest BCUT2D eigenvalue weighted by Crippen LogP contribution is -2.13. The fourth-order valence-corrected chi connectivity index (χ4v) is 5.40. The highest BCUT2D eigenvalue weighted by atomic mass is 32.2. The van der Waals surface area contributed by atoms with Crippen molar-refractivity contribution in [3.05, 3.63) is 125 Å². The first-order chi connectivity index (χ1) is 16.3. The predicted molar refractivity (Wildman–Crippen MR) is 130 cm³/mol. The molecule has 0 aromatic heterocycles. The van der Waals surface area contributed by atoms with E-state index in [4.69, 9.17) is 4.74 Å². The molecule has 0 amide bonds. The van der Waals surface area contributed by atoms with Crippen LogP contribution in [0, 0.1) is 0 Å². The van der Waals surface area contributed by atoms with Crippen LogP contribution >= 0.6 is 0 Å². The van der Waals surface area contributed by atoms with Gasteiger partial charge < -0.3 is 9.84 Å². The lowest BCUT2D eigenvalue weighted by molar-refractivity contribution is -0.133. The molecule has 170 valence electrons. The average molecular weight is 473 g/mol. The lowest BCUT2D eigenvalue weighted by atomic mass is 9.97. The number of methoxy groups -OCH3 is 1. The number of carboxylic acids is 1. The Labute approximate surface area is 197 Å². The SMILES string of the molecule is COC(=O)C(=C1C=C(c2ccccc2)S(=O)(=O)C(c2ccc(C(=O)O)cc2)=C1)c1ccccc1. The van der Waals surface area contributed by atoms with E-state index >= 15 is 0 Å². The summed E-state index contributed by atoms with van der Waals surface area (Å²) in [7, 11) is -2.73. The number of rotatable bonds is 5. The molecule has 0 aliphatic carbocycles. The van der Waals surface area contributed by atoms with Crippen molar-refractivity contribution in [3.8, 4) is 0 Å². The number of sulfone groups is 1. The largest absolute Gasteiger partial charge is 0.478 e. The second-order valence-corrected chi connectivity index (χ2v) is 9.34. The van der Waals surface area contributed by atoms with Crippen LogP contribution in [0.5, 0.6) is 0 Å². The second-order valence-electron chi connectivity index (χ2n) is 7.46. The van der Waals surface area contributed by atoms with Gasteiger partial charge in [-0.1, -0.05) is 72.8 Å². The highest BCUT2D eigenvalue weighted by Gasteiger charge is 2.32. The Morgan fingerprint density at radius 2 is 1.21 bits per heavy atom. The van der Waals surface area contributed by atoms with Gasteiger partial charge in [0.1, 0.15) is 0 Å². The summed E-state index contributed by atoms with van der Waals surface area (Å²) in [5, 5.41) is 9.21. The number of esters is 1. The summed E-state index contributed by atoms with van der Waals surface area (Å²) in [5.41, 5.74) is 1.96. The van der Waals surface area contributed by atoms with Crippen LogP contribution in [0.2, 0.25) is 0 Å². The predicted octanol–water partition coefficient (Wildman–Crippen LogP) is 4.82. The third-order valence-electron chi connectivity index (χ3n) is 5.37. The molecule has 0 atom stereocenters. The maximum Gasteiger partial charge on any atom is 0.339 e. The Hall–Kier alpha value is -4.23. The van der Waals surface area contributed by atoms with Crippen molar-refractivity contribution in [2.45, 2.75) is 0 Å². The number of ether oxygens (including phenoxy) is 1. The number of carbonyl (C=O) groups is 2. The third-order valence-corrected chi connectivity index (χ3v) is 7.23. The van der Waals surface area contributed by atoms with Gasteiger partial charge in [-0.15, -0.1) is 0 Å². The molecular weight excluding hydrogens is 452 g/mol. The van der Waals surface area contributed by atoms with E-state index in [0.29, 0.717) is 22.3 Å². The molecule has 6 nitrogen and oxygen atoms in total. The lowest BCUT2D eigenvalue weighted by Gasteiger charge is -2.20. The van der Waals surface area contributed by atoms with Gasteiger partial charge in [-0.05, 0) is 46.5 Å². The van der Waals surface area contributed by atoms with E-state index in [1.807, 2.05) is 6.07 Å². The molecule has 1 heterocycles. The molecule has 7 heteroatoms. The van der Waals surface area contributed by atoms with E-state index in [0.717, 1.165) is 0 Å². The summed E-state index contributed by atoms with van der Waals surface area (Å²) in [4.78, 5) is 24.1. The summed E-state index contributed by atoms with van der Waals surface area (Å²) in [6.07, 6.45) is 2.90. The molecule has 34 heavy (non-hydrogen) atoms. The Bertz CT molecular complexity index is 1450. The van der Waals surface area contributed by atoms with Crippen LogP contribution in [0.15, 0.2) is 103 Å². The van der Waals surface area contributed by atoms with Gasteiger partial charge in [0.15, 0.2) is 0 Å². The normalized spacial score (nSPS) is 16.1. The van der Waals surface area contributed by atoms with Crippen molar-refractivity contribution in [3.63, 3.8) is 0 Å². The first-order valence-corrected chi connectivity index (χ1v) is 11.8. The van der Waals surface area contributed by atoms with Crippen LogP contribution in [0.1, 0.15) is 27.0 Å². The quantitative estimate of drug-likeness (QED) is 0.422. The minimum atomic E-state index is -4.00. The van der Waals surface area contributed by atoms with E-state index in [1.165, 1.54) is 43.5 Å². The Morgan fingerprint density at radius 1 is 0.706 bits per heavy atom. The van der Waals surface area contributed by atoms with E-state index in [1.54, 1.807) is 54.6 Å². The van der Waals surface area contributed by atoms with Crippen molar-refractivity contribution in [1.29, 1.82) is 0 Å². The summed E-state index contributed by atoms with van der Waals surface area (Å²) in [5.74, 6) is -1.73. The summed E-state index contributed by atoms with van der Waals surface area (Å²) >= 11 is 0. The topological polar surface area (TPSA) is 97.7 Å². The average Bonchev–Trinajstić information content (AvgIpc) is 2.86. The number of allylic oxidation sites excluding steroid dienone is 3. The van der Waals surface area contributed by atoms with Gasteiger partial charge in [-0.3, -0.25) is 0 Å². The standard InChI is InChI=1S/C27H20O6S/c1-33-27(30)25(20-10-6-3-7-11-20)22-16-23(18-8-4-2-5-9-18)34(31,32)24(17-22)19-12-14-21(15-13-19)26(28)29/h2-17H,1H3,(H,28,29). The fraction of sp³-hybridized carbons (Fsp3) is 0.0370. The third kappa shape index (κ3) is 4.33. The number of carbonyl (C=O) groups excluding carboxylic acids is 1. The smallest absolute Gasteiger partial charge is 0.339 e. The molecular formula is C27H20O6S. The van der Waals surface area contributed by atoms with Crippen molar-refractivity contribution in [2.24, 2.45) is 0 Å². The van der Waals surface area contributed by atoms with Crippen LogP contribution < -0.4 is 0 Å². The summed E-state index contributed by atoms with van der Waals surface area (Å²) in [6.45, 7) is 0. The zero-order chi connectivity index (χ0) is 24.3. The van der Waals surface area contributed by atoms with Crippen LogP contribution in [0.4, 0.5) is 0 Å². The van der Waals surface area contributed by atoms with Gasteiger partial charge in [0.2, 0.25) is 9.84 Å². The molecule has 0 unspecified atom stereocenters. The molecule has 1 aliphatic heterocycles. The summed E-state index contributed by atoms with van der Waals surface area (Å²) < 4.78 is 32.4. The van der Waals surface area contributed by atoms with Gasteiger partial charge in [0.05, 0.1) is 28.1 Å².